The number of hydrogen-bond donors (Lipinski definition) is 1. The second-order valence-corrected chi connectivity index (χ2v) is 6.93. The smallest absolute Gasteiger partial charge is 0.160 e. The number of hydrogen-bond acceptors (Lipinski definition) is 5. The van der Waals surface area contributed by atoms with Gasteiger partial charge in [0.2, 0.25) is 0 Å². The van der Waals surface area contributed by atoms with Gasteiger partial charge in [0.1, 0.15) is 5.82 Å². The molecule has 0 radical (unpaired) electrons. The number of anilines is 1. The van der Waals surface area contributed by atoms with Crippen molar-refractivity contribution in [2.45, 2.75) is 12.3 Å². The van der Waals surface area contributed by atoms with E-state index in [1.807, 2.05) is 12.3 Å². The third-order valence-electron chi connectivity index (χ3n) is 4.66. The summed E-state index contributed by atoms with van der Waals surface area (Å²) < 4.78 is 10.8. The number of thiophene rings is 1. The summed E-state index contributed by atoms with van der Waals surface area (Å²) in [5.74, 6) is 2.94. The van der Waals surface area contributed by atoms with E-state index in [0.717, 1.165) is 30.3 Å². The molecule has 1 aromatic carbocycles. The predicted molar refractivity (Wildman–Crippen MR) is 102 cm³/mol. The van der Waals surface area contributed by atoms with Gasteiger partial charge in [-0.25, -0.2) is 4.98 Å². The van der Waals surface area contributed by atoms with Crippen LogP contribution in [0, 0.1) is 0 Å². The van der Waals surface area contributed by atoms with E-state index in [1.54, 1.807) is 25.6 Å². The Kier molecular flexibility index (Phi) is 4.32. The van der Waals surface area contributed by atoms with Crippen molar-refractivity contribution in [3.05, 3.63) is 58.4 Å². The highest BCUT2D eigenvalue weighted by atomic mass is 32.1. The molecule has 0 spiro atoms. The maximum atomic E-state index is 5.43. The van der Waals surface area contributed by atoms with Crippen LogP contribution in [0.3, 0.4) is 0 Å². The first-order valence-electron chi connectivity index (χ1n) is 8.25. The van der Waals surface area contributed by atoms with Crippen molar-refractivity contribution < 1.29 is 9.47 Å². The number of nitrogens with one attached hydrogen (secondary N) is 1. The molecule has 5 heteroatoms. The summed E-state index contributed by atoms with van der Waals surface area (Å²) in [7, 11) is 3.33. The van der Waals surface area contributed by atoms with Crippen molar-refractivity contribution in [2.24, 2.45) is 0 Å². The van der Waals surface area contributed by atoms with Crippen LogP contribution in [0.4, 0.5) is 5.82 Å². The van der Waals surface area contributed by atoms with Crippen LogP contribution < -0.4 is 14.8 Å². The van der Waals surface area contributed by atoms with Gasteiger partial charge in [-0.05, 0) is 52.6 Å². The summed E-state index contributed by atoms with van der Waals surface area (Å²) in [5, 5.41) is 7.69. The van der Waals surface area contributed by atoms with Gasteiger partial charge in [0.25, 0.3) is 0 Å². The van der Waals surface area contributed by atoms with E-state index >= 15 is 0 Å². The summed E-state index contributed by atoms with van der Waals surface area (Å²) in [6.07, 6.45) is 2.89. The fraction of sp³-hybridized carbons (Fsp3) is 0.250. The van der Waals surface area contributed by atoms with E-state index in [1.165, 1.54) is 22.3 Å². The summed E-state index contributed by atoms with van der Waals surface area (Å²) in [6, 6.07) is 10.6. The molecule has 0 saturated carbocycles. The molecule has 0 saturated heterocycles. The van der Waals surface area contributed by atoms with Crippen molar-refractivity contribution in [3.8, 4) is 22.6 Å². The van der Waals surface area contributed by atoms with Gasteiger partial charge in [-0.15, -0.1) is 0 Å². The molecule has 3 heterocycles. The van der Waals surface area contributed by atoms with Crippen molar-refractivity contribution in [2.75, 3.05) is 26.1 Å². The fourth-order valence-electron chi connectivity index (χ4n) is 3.33. The third-order valence-corrected chi connectivity index (χ3v) is 5.34. The number of benzene rings is 1. The van der Waals surface area contributed by atoms with Crippen LogP contribution in [0.1, 0.15) is 17.0 Å². The second kappa shape index (κ2) is 6.76. The molecule has 25 heavy (non-hydrogen) atoms. The van der Waals surface area contributed by atoms with E-state index in [0.29, 0.717) is 5.92 Å². The topological polar surface area (TPSA) is 43.4 Å². The van der Waals surface area contributed by atoms with E-state index in [2.05, 4.69) is 45.3 Å². The Morgan fingerprint density at radius 1 is 1.12 bits per heavy atom. The zero-order valence-corrected chi connectivity index (χ0v) is 15.1. The Bertz CT molecular complexity index is 877. The van der Waals surface area contributed by atoms with Gasteiger partial charge in [0.05, 0.1) is 14.2 Å². The number of methoxy groups -OCH3 is 2. The van der Waals surface area contributed by atoms with Gasteiger partial charge < -0.3 is 14.8 Å². The maximum absolute atomic E-state index is 5.43. The molecule has 1 aliphatic heterocycles. The summed E-state index contributed by atoms with van der Waals surface area (Å²) in [6.45, 7) is 0.907. The van der Waals surface area contributed by atoms with Gasteiger partial charge in [0, 0.05) is 29.8 Å². The van der Waals surface area contributed by atoms with E-state index in [-0.39, 0.29) is 0 Å². The minimum atomic E-state index is 0.402. The molecule has 1 N–H and O–H groups in total. The molecule has 0 aliphatic carbocycles. The average Bonchev–Trinajstić information content (AvgIpc) is 3.31. The zero-order valence-electron chi connectivity index (χ0n) is 14.3. The van der Waals surface area contributed by atoms with Crippen LogP contribution in [0.15, 0.2) is 47.3 Å². The standard InChI is InChI=1S/C20H20N2O2S/c1-23-18-4-3-13(8-19(18)24-2)7-16-11-22-20-17(16)9-15(10-21-20)14-5-6-25-12-14/h3-6,8-10,12,16H,7,11H2,1-2H3,(H,21,22). The molecular weight excluding hydrogens is 332 g/mol. The molecule has 1 atom stereocenters. The summed E-state index contributed by atoms with van der Waals surface area (Å²) >= 11 is 1.71. The van der Waals surface area contributed by atoms with E-state index < -0.39 is 0 Å². The van der Waals surface area contributed by atoms with Gasteiger partial charge in [-0.1, -0.05) is 6.07 Å². The Hall–Kier alpha value is -2.53. The number of rotatable bonds is 5. The first kappa shape index (κ1) is 16.0. The molecule has 1 unspecified atom stereocenters. The molecule has 4 nitrogen and oxygen atoms in total. The Morgan fingerprint density at radius 3 is 2.76 bits per heavy atom. The Labute approximate surface area is 151 Å². The van der Waals surface area contributed by atoms with Crippen molar-refractivity contribution in [1.82, 2.24) is 4.98 Å². The number of nitrogens with zero attached hydrogens (tertiary/aromatic N) is 1. The highest BCUT2D eigenvalue weighted by Crippen LogP contribution is 2.37. The number of fused-ring (bicyclic) bond motifs is 1. The van der Waals surface area contributed by atoms with Crippen LogP contribution in [-0.2, 0) is 6.42 Å². The first-order chi connectivity index (χ1) is 12.3. The number of pyridine rings is 1. The number of aromatic nitrogens is 1. The van der Waals surface area contributed by atoms with Crippen LogP contribution in [0.5, 0.6) is 11.5 Å². The predicted octanol–water partition coefficient (Wildman–Crippen LogP) is 4.58. The largest absolute Gasteiger partial charge is 0.493 e. The van der Waals surface area contributed by atoms with Crippen LogP contribution in [-0.4, -0.2) is 25.7 Å². The minimum absolute atomic E-state index is 0.402. The average molecular weight is 352 g/mol. The van der Waals surface area contributed by atoms with Crippen LogP contribution >= 0.6 is 11.3 Å². The van der Waals surface area contributed by atoms with E-state index in [9.17, 15) is 0 Å². The van der Waals surface area contributed by atoms with Gasteiger partial charge in [-0.2, -0.15) is 11.3 Å². The van der Waals surface area contributed by atoms with Gasteiger partial charge >= 0.3 is 0 Å². The fourth-order valence-corrected chi connectivity index (χ4v) is 4.00. The zero-order chi connectivity index (χ0) is 17.2. The van der Waals surface area contributed by atoms with Crippen molar-refractivity contribution >= 4 is 17.2 Å². The van der Waals surface area contributed by atoms with Crippen molar-refractivity contribution in [1.29, 1.82) is 0 Å². The van der Waals surface area contributed by atoms with Gasteiger partial charge in [0.15, 0.2) is 11.5 Å². The highest BCUT2D eigenvalue weighted by molar-refractivity contribution is 7.08. The molecule has 128 valence electrons. The van der Waals surface area contributed by atoms with Crippen LogP contribution in [0.25, 0.3) is 11.1 Å². The minimum Gasteiger partial charge on any atom is -0.493 e. The normalized spacial score (nSPS) is 15.5. The molecular formula is C20H20N2O2S. The Balaban J connectivity index is 1.61. The van der Waals surface area contributed by atoms with Crippen LogP contribution in [0.2, 0.25) is 0 Å². The highest BCUT2D eigenvalue weighted by Gasteiger charge is 2.24. The molecule has 2 aromatic heterocycles. The Morgan fingerprint density at radius 2 is 2.00 bits per heavy atom. The molecule has 3 aromatic rings. The SMILES string of the molecule is COc1ccc(CC2CNc3ncc(-c4ccsc4)cc32)cc1OC. The monoisotopic (exact) mass is 352 g/mol. The van der Waals surface area contributed by atoms with E-state index in [4.69, 9.17) is 9.47 Å². The molecule has 0 bridgehead atoms. The molecule has 0 amide bonds. The molecule has 4 rings (SSSR count). The third kappa shape index (κ3) is 3.07. The quantitative estimate of drug-likeness (QED) is 0.730. The summed E-state index contributed by atoms with van der Waals surface area (Å²) in [4.78, 5) is 4.62. The molecule has 0 fully saturated rings. The number of ether oxygens (including phenoxy) is 2. The second-order valence-electron chi connectivity index (χ2n) is 6.15. The lowest BCUT2D eigenvalue weighted by atomic mass is 9.93. The lowest BCUT2D eigenvalue weighted by Crippen LogP contribution is -2.06. The maximum Gasteiger partial charge on any atom is 0.160 e. The lowest BCUT2D eigenvalue weighted by molar-refractivity contribution is 0.354. The lowest BCUT2D eigenvalue weighted by Gasteiger charge is -2.13. The summed E-state index contributed by atoms with van der Waals surface area (Å²) in [5.41, 5.74) is 4.94. The van der Waals surface area contributed by atoms with Gasteiger partial charge in [-0.3, -0.25) is 0 Å². The first-order valence-corrected chi connectivity index (χ1v) is 9.20. The van der Waals surface area contributed by atoms with Crippen molar-refractivity contribution in [3.63, 3.8) is 0 Å². The molecule has 1 aliphatic rings.